The smallest absolute Gasteiger partial charge is 0.315 e. The van der Waals surface area contributed by atoms with E-state index >= 15 is 0 Å². The summed E-state index contributed by atoms with van der Waals surface area (Å²) < 4.78 is 0. The SMILES string of the molecule is Cc1ccsc1CNC(=O)NCC(O)c1ccc(Cl)cc1. The summed E-state index contributed by atoms with van der Waals surface area (Å²) in [6.45, 7) is 2.65. The third-order valence-electron chi connectivity index (χ3n) is 3.09. The van der Waals surface area contributed by atoms with Gasteiger partial charge in [0.15, 0.2) is 0 Å². The number of benzene rings is 1. The molecule has 0 aliphatic rings. The largest absolute Gasteiger partial charge is 0.387 e. The summed E-state index contributed by atoms with van der Waals surface area (Å²) in [7, 11) is 0. The van der Waals surface area contributed by atoms with Crippen molar-refractivity contribution in [1.29, 1.82) is 0 Å². The van der Waals surface area contributed by atoms with E-state index in [4.69, 9.17) is 11.6 Å². The molecule has 0 aliphatic carbocycles. The molecule has 1 aromatic heterocycles. The van der Waals surface area contributed by atoms with Crippen LogP contribution in [0.5, 0.6) is 0 Å². The lowest BCUT2D eigenvalue weighted by Gasteiger charge is -2.13. The van der Waals surface area contributed by atoms with Crippen molar-refractivity contribution < 1.29 is 9.90 Å². The minimum absolute atomic E-state index is 0.150. The van der Waals surface area contributed by atoms with E-state index in [-0.39, 0.29) is 12.6 Å². The first kappa shape index (κ1) is 15.8. The summed E-state index contributed by atoms with van der Waals surface area (Å²) in [5.74, 6) is 0. The molecule has 1 heterocycles. The molecule has 0 radical (unpaired) electrons. The van der Waals surface area contributed by atoms with Crippen LogP contribution in [0.2, 0.25) is 5.02 Å². The first-order chi connectivity index (χ1) is 10.1. The van der Waals surface area contributed by atoms with Gasteiger partial charge in [-0.05, 0) is 41.6 Å². The van der Waals surface area contributed by atoms with Crippen LogP contribution in [0.25, 0.3) is 0 Å². The number of amides is 2. The van der Waals surface area contributed by atoms with E-state index in [2.05, 4.69) is 10.6 Å². The van der Waals surface area contributed by atoms with Crippen LogP contribution in [0, 0.1) is 6.92 Å². The molecule has 2 aromatic rings. The van der Waals surface area contributed by atoms with Gasteiger partial charge in [-0.1, -0.05) is 23.7 Å². The Bertz CT molecular complexity index is 598. The van der Waals surface area contributed by atoms with Gasteiger partial charge < -0.3 is 15.7 Å². The third kappa shape index (κ3) is 4.74. The lowest BCUT2D eigenvalue weighted by molar-refractivity contribution is 0.173. The summed E-state index contributed by atoms with van der Waals surface area (Å²) in [5, 5.41) is 18.0. The molecule has 0 saturated heterocycles. The Labute approximate surface area is 132 Å². The van der Waals surface area contributed by atoms with Crippen molar-refractivity contribution >= 4 is 29.0 Å². The van der Waals surface area contributed by atoms with Gasteiger partial charge in [0.05, 0.1) is 12.6 Å². The van der Waals surface area contributed by atoms with Crippen molar-refractivity contribution in [3.05, 3.63) is 56.7 Å². The van der Waals surface area contributed by atoms with Crippen LogP contribution in [0.1, 0.15) is 22.1 Å². The molecule has 1 atom stereocenters. The van der Waals surface area contributed by atoms with Gasteiger partial charge in [0, 0.05) is 16.4 Å². The molecule has 0 fully saturated rings. The molecule has 0 spiro atoms. The lowest BCUT2D eigenvalue weighted by Crippen LogP contribution is -2.37. The van der Waals surface area contributed by atoms with Crippen molar-refractivity contribution in [2.45, 2.75) is 19.6 Å². The molecule has 0 saturated carbocycles. The summed E-state index contributed by atoms with van der Waals surface area (Å²) in [6, 6.07) is 8.61. The molecule has 2 rings (SSSR count). The van der Waals surface area contributed by atoms with E-state index in [0.717, 1.165) is 4.88 Å². The topological polar surface area (TPSA) is 61.4 Å². The van der Waals surface area contributed by atoms with E-state index < -0.39 is 6.10 Å². The predicted molar refractivity (Wildman–Crippen MR) is 85.7 cm³/mol. The monoisotopic (exact) mass is 324 g/mol. The fourth-order valence-electron chi connectivity index (χ4n) is 1.80. The molecule has 1 unspecified atom stereocenters. The van der Waals surface area contributed by atoms with Gasteiger partial charge in [-0.25, -0.2) is 4.79 Å². The highest BCUT2D eigenvalue weighted by Gasteiger charge is 2.09. The highest BCUT2D eigenvalue weighted by atomic mass is 35.5. The maximum absolute atomic E-state index is 11.7. The van der Waals surface area contributed by atoms with E-state index in [1.807, 2.05) is 18.4 Å². The Morgan fingerprint density at radius 1 is 1.29 bits per heavy atom. The predicted octanol–water partition coefficient (Wildman–Crippen LogP) is 3.24. The van der Waals surface area contributed by atoms with Crippen LogP contribution in [0.15, 0.2) is 35.7 Å². The van der Waals surface area contributed by atoms with Gasteiger partial charge in [-0.3, -0.25) is 0 Å². The highest BCUT2D eigenvalue weighted by Crippen LogP contribution is 2.16. The summed E-state index contributed by atoms with van der Waals surface area (Å²) >= 11 is 7.40. The van der Waals surface area contributed by atoms with Crippen molar-refractivity contribution in [3.63, 3.8) is 0 Å². The Balaban J connectivity index is 1.76. The van der Waals surface area contributed by atoms with Gasteiger partial charge >= 0.3 is 6.03 Å². The van der Waals surface area contributed by atoms with Crippen LogP contribution in [0.3, 0.4) is 0 Å². The zero-order chi connectivity index (χ0) is 15.2. The molecule has 112 valence electrons. The third-order valence-corrected chi connectivity index (χ3v) is 4.36. The van der Waals surface area contributed by atoms with Crippen molar-refractivity contribution in [2.24, 2.45) is 0 Å². The second-order valence-corrected chi connectivity index (χ2v) is 6.09. The highest BCUT2D eigenvalue weighted by molar-refractivity contribution is 7.10. The fraction of sp³-hybridized carbons (Fsp3) is 0.267. The molecule has 0 bridgehead atoms. The molecule has 21 heavy (non-hydrogen) atoms. The second kappa shape index (κ2) is 7.45. The van der Waals surface area contributed by atoms with Crippen LogP contribution in [0.4, 0.5) is 4.79 Å². The Kier molecular flexibility index (Phi) is 5.61. The van der Waals surface area contributed by atoms with Crippen LogP contribution in [-0.2, 0) is 6.54 Å². The fourth-order valence-corrected chi connectivity index (χ4v) is 2.77. The van der Waals surface area contributed by atoms with E-state index in [0.29, 0.717) is 17.1 Å². The minimum atomic E-state index is -0.753. The zero-order valence-electron chi connectivity index (χ0n) is 11.6. The first-order valence-electron chi connectivity index (χ1n) is 6.54. The maximum Gasteiger partial charge on any atom is 0.315 e. The van der Waals surface area contributed by atoms with Crippen LogP contribution >= 0.6 is 22.9 Å². The lowest BCUT2D eigenvalue weighted by atomic mass is 10.1. The number of urea groups is 1. The number of carbonyl (C=O) groups is 1. The van der Waals surface area contributed by atoms with Crippen molar-refractivity contribution in [1.82, 2.24) is 10.6 Å². The van der Waals surface area contributed by atoms with Gasteiger partial charge in [0.1, 0.15) is 0 Å². The first-order valence-corrected chi connectivity index (χ1v) is 7.80. The standard InChI is InChI=1S/C15H17ClN2O2S/c1-10-6-7-21-14(10)9-18-15(20)17-8-13(19)11-2-4-12(16)5-3-11/h2-7,13,19H,8-9H2,1H3,(H2,17,18,20). The molecular weight excluding hydrogens is 308 g/mol. The number of nitrogens with one attached hydrogen (secondary N) is 2. The van der Waals surface area contributed by atoms with Gasteiger partial charge in [0.2, 0.25) is 0 Å². The number of aliphatic hydroxyl groups excluding tert-OH is 1. The minimum Gasteiger partial charge on any atom is -0.387 e. The zero-order valence-corrected chi connectivity index (χ0v) is 13.2. The number of hydrogen-bond donors (Lipinski definition) is 3. The van der Waals surface area contributed by atoms with E-state index in [1.54, 1.807) is 35.6 Å². The number of thiophene rings is 1. The average Bonchev–Trinajstić information content (AvgIpc) is 2.88. The molecule has 2 amide bonds. The van der Waals surface area contributed by atoms with Crippen LogP contribution < -0.4 is 10.6 Å². The van der Waals surface area contributed by atoms with Crippen molar-refractivity contribution in [2.75, 3.05) is 6.54 Å². The molecule has 0 aliphatic heterocycles. The number of aliphatic hydroxyl groups is 1. The van der Waals surface area contributed by atoms with Crippen LogP contribution in [-0.4, -0.2) is 17.7 Å². The van der Waals surface area contributed by atoms with Gasteiger partial charge in [-0.15, -0.1) is 11.3 Å². The average molecular weight is 325 g/mol. The molecule has 3 N–H and O–H groups in total. The van der Waals surface area contributed by atoms with Gasteiger partial charge in [0.25, 0.3) is 0 Å². The molecular formula is C15H17ClN2O2S. The Morgan fingerprint density at radius 3 is 2.62 bits per heavy atom. The van der Waals surface area contributed by atoms with E-state index in [9.17, 15) is 9.90 Å². The summed E-state index contributed by atoms with van der Waals surface area (Å²) in [6.07, 6.45) is -0.753. The summed E-state index contributed by atoms with van der Waals surface area (Å²) in [5.41, 5.74) is 1.88. The molecule has 6 heteroatoms. The second-order valence-electron chi connectivity index (χ2n) is 4.66. The number of rotatable bonds is 5. The Hall–Kier alpha value is -1.56. The molecule has 1 aromatic carbocycles. The number of aryl methyl sites for hydroxylation is 1. The summed E-state index contributed by atoms with van der Waals surface area (Å²) in [4.78, 5) is 12.8. The number of carbonyl (C=O) groups excluding carboxylic acids is 1. The van der Waals surface area contributed by atoms with Gasteiger partial charge in [-0.2, -0.15) is 0 Å². The number of hydrogen-bond acceptors (Lipinski definition) is 3. The maximum atomic E-state index is 11.7. The van der Waals surface area contributed by atoms with E-state index in [1.165, 1.54) is 5.56 Å². The molecule has 4 nitrogen and oxygen atoms in total. The quantitative estimate of drug-likeness (QED) is 0.790. The Morgan fingerprint density at radius 2 is 2.00 bits per heavy atom. The number of halogens is 1. The van der Waals surface area contributed by atoms with Crippen molar-refractivity contribution in [3.8, 4) is 0 Å². The normalized spacial score (nSPS) is 12.0.